The minimum absolute atomic E-state index is 0.160. The van der Waals surface area contributed by atoms with E-state index in [4.69, 9.17) is 9.47 Å². The molecular formula is C31H35F3N5O4S+. The first-order valence-electron chi connectivity index (χ1n) is 14.5. The summed E-state index contributed by atoms with van der Waals surface area (Å²) in [6.45, 7) is 8.06. The number of hydrogen-bond donors (Lipinski definition) is 0. The van der Waals surface area contributed by atoms with Crippen LogP contribution in [0.25, 0.3) is 10.9 Å². The molecular weight excluding hydrogens is 595 g/mol. The van der Waals surface area contributed by atoms with E-state index in [-0.39, 0.29) is 22.6 Å². The van der Waals surface area contributed by atoms with Crippen molar-refractivity contribution >= 4 is 40.2 Å². The van der Waals surface area contributed by atoms with Crippen LogP contribution < -0.4 is 9.64 Å². The molecule has 0 spiro atoms. The predicted molar refractivity (Wildman–Crippen MR) is 161 cm³/mol. The number of nitrogens with zero attached hydrogens (tertiary/aromatic N) is 5. The number of anilines is 1. The number of esters is 1. The van der Waals surface area contributed by atoms with Gasteiger partial charge in [0.1, 0.15) is 35.4 Å². The highest BCUT2D eigenvalue weighted by Gasteiger charge is 2.54. The van der Waals surface area contributed by atoms with Gasteiger partial charge in [-0.1, -0.05) is 0 Å². The fourth-order valence-electron chi connectivity index (χ4n) is 6.23. The van der Waals surface area contributed by atoms with Gasteiger partial charge in [-0.25, -0.2) is 9.78 Å². The van der Waals surface area contributed by atoms with Gasteiger partial charge in [0.2, 0.25) is 0 Å². The molecule has 5 heterocycles. The topological polar surface area (TPSA) is 75.2 Å². The highest BCUT2D eigenvalue weighted by atomic mass is 32.2. The Labute approximate surface area is 258 Å². The quantitative estimate of drug-likeness (QED) is 0.348. The first kappa shape index (κ1) is 30.5. The Morgan fingerprint density at radius 1 is 1.05 bits per heavy atom. The lowest BCUT2D eigenvalue weighted by Crippen LogP contribution is -2.60. The minimum Gasteiger partial charge on any atom is -0.497 e. The normalized spacial score (nSPS) is 22.6. The molecule has 0 unspecified atom stereocenters. The third kappa shape index (κ3) is 5.45. The Balaban J connectivity index is 1.31. The molecule has 1 aromatic carbocycles. The Morgan fingerprint density at radius 2 is 1.80 bits per heavy atom. The summed E-state index contributed by atoms with van der Waals surface area (Å²) in [7, 11) is 1.51. The molecule has 0 bridgehead atoms. The van der Waals surface area contributed by atoms with E-state index in [1.165, 1.54) is 7.11 Å². The molecule has 234 valence electrons. The molecule has 13 heteroatoms. The average molecular weight is 631 g/mol. The Morgan fingerprint density at radius 3 is 2.43 bits per heavy atom. The fraction of sp³-hybridized carbons (Fsp3) is 0.452. The molecule has 9 nitrogen and oxygen atoms in total. The zero-order chi connectivity index (χ0) is 31.4. The Kier molecular flexibility index (Phi) is 7.70. The zero-order valence-electron chi connectivity index (χ0n) is 25.1. The number of hydrogen-bond acceptors (Lipinski definition) is 8. The summed E-state index contributed by atoms with van der Waals surface area (Å²) in [6.07, 6.45) is 1.13. The predicted octanol–water partition coefficient (Wildman–Crippen LogP) is 4.71. The van der Waals surface area contributed by atoms with Gasteiger partial charge in [-0.2, -0.15) is 17.8 Å². The second kappa shape index (κ2) is 11.1. The molecule has 1 atom stereocenters. The van der Waals surface area contributed by atoms with Crippen molar-refractivity contribution in [2.24, 2.45) is 0 Å². The number of carbonyl (C=O) groups is 2. The summed E-state index contributed by atoms with van der Waals surface area (Å²) in [6, 6.07) is 5.96. The van der Waals surface area contributed by atoms with Gasteiger partial charge in [0, 0.05) is 42.5 Å². The van der Waals surface area contributed by atoms with E-state index >= 15 is 0 Å². The van der Waals surface area contributed by atoms with Gasteiger partial charge in [-0.3, -0.25) is 4.79 Å². The summed E-state index contributed by atoms with van der Waals surface area (Å²) in [5.74, 6) is 1.25. The van der Waals surface area contributed by atoms with E-state index in [2.05, 4.69) is 9.99 Å². The minimum atomic E-state index is -4.60. The fourth-order valence-corrected chi connectivity index (χ4v) is 7.18. The summed E-state index contributed by atoms with van der Waals surface area (Å²) in [5, 5.41) is 2.75. The van der Waals surface area contributed by atoms with Crippen LogP contribution in [0.15, 0.2) is 59.5 Å². The van der Waals surface area contributed by atoms with Gasteiger partial charge in [0.15, 0.2) is 5.70 Å². The third-order valence-electron chi connectivity index (χ3n) is 8.25. The van der Waals surface area contributed by atoms with Crippen molar-refractivity contribution in [2.75, 3.05) is 62.9 Å². The van der Waals surface area contributed by atoms with Crippen LogP contribution in [0.5, 0.6) is 5.75 Å². The molecule has 0 aliphatic carbocycles. The zero-order valence-corrected chi connectivity index (χ0v) is 25.9. The van der Waals surface area contributed by atoms with Crippen molar-refractivity contribution < 1.29 is 36.8 Å². The number of halogens is 3. The molecule has 2 saturated heterocycles. The number of methoxy groups -OCH3 is 1. The smallest absolute Gasteiger partial charge is 0.433 e. The SMILES string of the molecule is COc1ccc2nc(C(F)(F)F)cc(N3CCN([N@@+]45C=CC=C4C(C(=O)OC(C)(C)C)=C(C(=O)N4CCSC4)C5)CC3)c2c1. The largest absolute Gasteiger partial charge is 0.497 e. The summed E-state index contributed by atoms with van der Waals surface area (Å²) in [5.41, 5.74) is 0.394. The van der Waals surface area contributed by atoms with E-state index in [1.807, 2.05) is 23.3 Å². The number of pyridine rings is 1. The number of amides is 1. The maximum absolute atomic E-state index is 13.8. The molecule has 44 heavy (non-hydrogen) atoms. The molecule has 2 aromatic rings. The van der Waals surface area contributed by atoms with Crippen LogP contribution >= 0.6 is 11.8 Å². The van der Waals surface area contributed by atoms with Crippen molar-refractivity contribution in [1.29, 1.82) is 0 Å². The summed E-state index contributed by atoms with van der Waals surface area (Å²) in [4.78, 5) is 35.0. The van der Waals surface area contributed by atoms with Crippen LogP contribution in [-0.4, -0.2) is 95.0 Å². The highest BCUT2D eigenvalue weighted by Crippen LogP contribution is 2.44. The molecule has 0 radical (unpaired) electrons. The van der Waals surface area contributed by atoms with E-state index in [1.54, 1.807) is 55.6 Å². The Bertz CT molecular complexity index is 1600. The van der Waals surface area contributed by atoms with Gasteiger partial charge in [0.25, 0.3) is 5.91 Å². The van der Waals surface area contributed by atoms with Crippen molar-refractivity contribution in [2.45, 2.75) is 32.5 Å². The highest BCUT2D eigenvalue weighted by molar-refractivity contribution is 7.99. The van der Waals surface area contributed by atoms with Crippen molar-refractivity contribution in [3.8, 4) is 5.75 Å². The molecule has 1 amide bonds. The third-order valence-corrected chi connectivity index (χ3v) is 9.21. The molecule has 0 N–H and O–H groups in total. The standard InChI is InChI=1S/C31H35F3N5O4S/c1-30(2,3)43-29(41)27-22(28(40)37-13-15-44-19-37)18-39(14-5-6-25(27)39)38-11-9-36(10-12-38)24-17-26(31(32,33)34)35-23-8-7-20(42-4)16-21(23)24/h5-8,14,16-17H,9-13,15,18-19H2,1-4H3/q+1/t39-/m1/s1. The lowest BCUT2D eigenvalue weighted by atomic mass is 10.1. The number of quaternary nitrogens is 1. The van der Waals surface area contributed by atoms with Gasteiger partial charge < -0.3 is 19.3 Å². The van der Waals surface area contributed by atoms with Crippen LogP contribution in [0.2, 0.25) is 0 Å². The monoisotopic (exact) mass is 630 g/mol. The molecule has 1 aromatic heterocycles. The van der Waals surface area contributed by atoms with E-state index in [9.17, 15) is 22.8 Å². The number of rotatable bonds is 5. The van der Waals surface area contributed by atoms with Crippen molar-refractivity contribution in [3.63, 3.8) is 0 Å². The number of allylic oxidation sites excluding steroid dienone is 2. The maximum atomic E-state index is 13.8. The van der Waals surface area contributed by atoms with Gasteiger partial charge in [-0.05, 0) is 51.1 Å². The molecule has 4 aliphatic rings. The lowest BCUT2D eigenvalue weighted by Gasteiger charge is -2.44. The molecule has 2 fully saturated rings. The number of ether oxygens (including phenoxy) is 2. The van der Waals surface area contributed by atoms with Crippen LogP contribution in [0.3, 0.4) is 0 Å². The van der Waals surface area contributed by atoms with Crippen LogP contribution in [-0.2, 0) is 20.5 Å². The van der Waals surface area contributed by atoms with Gasteiger partial charge in [0.05, 0.1) is 37.2 Å². The van der Waals surface area contributed by atoms with Crippen LogP contribution in [0.4, 0.5) is 18.9 Å². The number of thioether (sulfide) groups is 1. The molecule has 4 aliphatic heterocycles. The summed E-state index contributed by atoms with van der Waals surface area (Å²) >= 11 is 1.67. The van der Waals surface area contributed by atoms with E-state index in [0.29, 0.717) is 72.3 Å². The Hall–Kier alpha value is -3.55. The summed E-state index contributed by atoms with van der Waals surface area (Å²) < 4.78 is 52.8. The molecule has 6 rings (SSSR count). The second-order valence-electron chi connectivity index (χ2n) is 12.2. The second-order valence-corrected chi connectivity index (χ2v) is 13.3. The van der Waals surface area contributed by atoms with Crippen molar-refractivity contribution in [1.82, 2.24) is 14.9 Å². The average Bonchev–Trinajstić information content (AvgIpc) is 3.71. The van der Waals surface area contributed by atoms with E-state index < -0.39 is 23.4 Å². The van der Waals surface area contributed by atoms with Crippen LogP contribution in [0, 0.1) is 0 Å². The number of carbonyl (C=O) groups excluding carboxylic acids is 2. The number of piperazine rings is 1. The number of alkyl halides is 3. The van der Waals surface area contributed by atoms with Gasteiger partial charge in [-0.15, -0.1) is 16.8 Å². The van der Waals surface area contributed by atoms with E-state index in [0.717, 1.165) is 11.8 Å². The number of aromatic nitrogens is 1. The van der Waals surface area contributed by atoms with Crippen molar-refractivity contribution in [3.05, 3.63) is 65.2 Å². The maximum Gasteiger partial charge on any atom is 0.433 e. The first-order valence-corrected chi connectivity index (χ1v) is 15.6. The lowest BCUT2D eigenvalue weighted by molar-refractivity contribution is -0.948. The first-order chi connectivity index (χ1) is 20.8. The number of fused-ring (bicyclic) bond motifs is 2. The van der Waals surface area contributed by atoms with Crippen LogP contribution in [0.1, 0.15) is 26.5 Å². The van der Waals surface area contributed by atoms with Gasteiger partial charge >= 0.3 is 12.1 Å². The number of benzene rings is 1. The molecule has 0 saturated carbocycles.